The third kappa shape index (κ3) is 4.53. The highest BCUT2D eigenvalue weighted by Gasteiger charge is 2.26. The lowest BCUT2D eigenvalue weighted by atomic mass is 9.97. The Morgan fingerprint density at radius 2 is 2.08 bits per heavy atom. The first-order valence-electron chi connectivity index (χ1n) is 9.69. The van der Waals surface area contributed by atoms with Gasteiger partial charge in [0.2, 0.25) is 5.91 Å². The summed E-state index contributed by atoms with van der Waals surface area (Å²) in [7, 11) is 0. The summed E-state index contributed by atoms with van der Waals surface area (Å²) in [5.41, 5.74) is 3.25. The Balaban J connectivity index is 1.52. The Hall–Kier alpha value is -1.69. The predicted octanol–water partition coefficient (Wildman–Crippen LogP) is 3.95. The van der Waals surface area contributed by atoms with Crippen LogP contribution in [0.4, 0.5) is 0 Å². The number of aromatic nitrogens is 3. The van der Waals surface area contributed by atoms with E-state index in [0.29, 0.717) is 18.4 Å². The number of likely N-dealkylation sites (tertiary alicyclic amines) is 1. The van der Waals surface area contributed by atoms with Crippen LogP contribution in [-0.4, -0.2) is 38.7 Å². The van der Waals surface area contributed by atoms with Crippen LogP contribution in [0.5, 0.6) is 0 Å². The number of amides is 1. The molecule has 1 amide bonds. The Labute approximate surface area is 160 Å². The van der Waals surface area contributed by atoms with Crippen LogP contribution in [0.3, 0.4) is 0 Å². The molecule has 142 valence electrons. The van der Waals surface area contributed by atoms with Crippen LogP contribution in [0, 0.1) is 19.8 Å². The normalized spacial score (nSPS) is 16.8. The number of aryl methyl sites for hydroxylation is 2. The van der Waals surface area contributed by atoms with Crippen LogP contribution in [0.2, 0.25) is 0 Å². The Morgan fingerprint density at radius 1 is 1.35 bits per heavy atom. The van der Waals surface area contributed by atoms with Crippen molar-refractivity contribution in [1.29, 1.82) is 0 Å². The number of hydrogen-bond donors (Lipinski definition) is 0. The monoisotopic (exact) mass is 374 g/mol. The molecule has 6 heteroatoms. The number of piperidine rings is 1. The van der Waals surface area contributed by atoms with Gasteiger partial charge < -0.3 is 4.90 Å². The van der Waals surface area contributed by atoms with Crippen molar-refractivity contribution in [3.63, 3.8) is 0 Å². The minimum atomic E-state index is 0.172. The minimum absolute atomic E-state index is 0.172. The maximum absolute atomic E-state index is 12.6. The number of thiazole rings is 1. The first kappa shape index (κ1) is 19.1. The molecule has 1 aliphatic heterocycles. The fourth-order valence-corrected chi connectivity index (χ4v) is 4.55. The van der Waals surface area contributed by atoms with Gasteiger partial charge in [0.05, 0.1) is 16.4 Å². The number of nitrogens with zero attached hydrogens (tertiary/aromatic N) is 4. The van der Waals surface area contributed by atoms with Crippen LogP contribution in [0.15, 0.2) is 11.4 Å². The van der Waals surface area contributed by atoms with Gasteiger partial charge >= 0.3 is 0 Å². The van der Waals surface area contributed by atoms with Crippen LogP contribution in [0.1, 0.15) is 61.1 Å². The van der Waals surface area contributed by atoms with Crippen LogP contribution in [-0.2, 0) is 17.8 Å². The summed E-state index contributed by atoms with van der Waals surface area (Å²) >= 11 is 1.80. The molecule has 26 heavy (non-hydrogen) atoms. The molecule has 0 saturated carbocycles. The van der Waals surface area contributed by atoms with E-state index in [2.05, 4.69) is 24.3 Å². The lowest BCUT2D eigenvalue weighted by Gasteiger charge is -2.31. The molecule has 0 spiro atoms. The van der Waals surface area contributed by atoms with Gasteiger partial charge in [-0.15, -0.1) is 11.3 Å². The molecule has 0 N–H and O–H groups in total. The molecular weight excluding hydrogens is 344 g/mol. The third-order valence-corrected chi connectivity index (χ3v) is 6.47. The lowest BCUT2D eigenvalue weighted by molar-refractivity contribution is -0.133. The molecule has 3 heterocycles. The second-order valence-electron chi connectivity index (χ2n) is 7.63. The summed E-state index contributed by atoms with van der Waals surface area (Å²) < 4.78 is 1.81. The highest BCUT2D eigenvalue weighted by atomic mass is 32.1. The number of carbonyl (C=O) groups excluding carboxylic acids is 1. The predicted molar refractivity (Wildman–Crippen MR) is 106 cm³/mol. The Morgan fingerprint density at radius 3 is 2.69 bits per heavy atom. The fourth-order valence-electron chi connectivity index (χ4n) is 3.54. The molecule has 0 aromatic carbocycles. The zero-order valence-electron chi connectivity index (χ0n) is 16.4. The fraction of sp³-hybridized carbons (Fsp3) is 0.650. The first-order valence-corrected chi connectivity index (χ1v) is 10.6. The summed E-state index contributed by atoms with van der Waals surface area (Å²) in [5, 5.41) is 7.88. The number of rotatable bonds is 6. The molecule has 0 radical (unpaired) electrons. The third-order valence-electron chi connectivity index (χ3n) is 5.41. The van der Waals surface area contributed by atoms with Gasteiger partial charge in [-0.3, -0.25) is 9.48 Å². The maximum Gasteiger partial charge on any atom is 0.244 e. The van der Waals surface area contributed by atoms with E-state index in [0.717, 1.165) is 43.7 Å². The van der Waals surface area contributed by atoms with Crippen molar-refractivity contribution in [3.8, 4) is 0 Å². The van der Waals surface area contributed by atoms with E-state index in [-0.39, 0.29) is 5.91 Å². The Bertz CT molecular complexity index is 743. The largest absolute Gasteiger partial charge is 0.341 e. The van der Waals surface area contributed by atoms with Crippen molar-refractivity contribution >= 4 is 17.2 Å². The molecule has 1 atom stereocenters. The molecule has 1 saturated heterocycles. The van der Waals surface area contributed by atoms with Gasteiger partial charge in [0.15, 0.2) is 0 Å². The summed E-state index contributed by atoms with van der Waals surface area (Å²) in [6.45, 7) is 10.5. The lowest BCUT2D eigenvalue weighted by Crippen LogP contribution is -2.40. The van der Waals surface area contributed by atoms with Gasteiger partial charge in [-0.2, -0.15) is 5.10 Å². The summed E-state index contributed by atoms with van der Waals surface area (Å²) in [6, 6.07) is 2.01. The van der Waals surface area contributed by atoms with Crippen LogP contribution < -0.4 is 0 Å². The van der Waals surface area contributed by atoms with Crippen molar-refractivity contribution in [2.24, 2.45) is 5.92 Å². The standard InChI is InChI=1S/C20H30N4OS/c1-5-14(2)10-18-13-26-20(21-18)17-6-8-23(9-7-17)19(25)12-24-16(4)11-15(3)22-24/h11,13-14,17H,5-10,12H2,1-4H3. The summed E-state index contributed by atoms with van der Waals surface area (Å²) in [6.07, 6.45) is 4.30. The first-order chi connectivity index (χ1) is 12.5. The van der Waals surface area contributed by atoms with Crippen LogP contribution >= 0.6 is 11.3 Å². The average molecular weight is 375 g/mol. The number of hydrogen-bond acceptors (Lipinski definition) is 4. The van der Waals surface area contributed by atoms with Gasteiger partial charge in [-0.05, 0) is 45.1 Å². The van der Waals surface area contributed by atoms with Gasteiger partial charge in [0, 0.05) is 30.1 Å². The molecular formula is C20H30N4OS. The molecule has 2 aromatic heterocycles. The number of carbonyl (C=O) groups is 1. The van der Waals surface area contributed by atoms with Gasteiger partial charge in [0.1, 0.15) is 6.54 Å². The zero-order chi connectivity index (χ0) is 18.7. The minimum Gasteiger partial charge on any atom is -0.341 e. The molecule has 1 fully saturated rings. The van der Waals surface area contributed by atoms with Crippen molar-refractivity contribution in [3.05, 3.63) is 33.5 Å². The van der Waals surface area contributed by atoms with Crippen molar-refractivity contribution in [2.45, 2.75) is 65.8 Å². The van der Waals surface area contributed by atoms with Crippen molar-refractivity contribution in [1.82, 2.24) is 19.7 Å². The van der Waals surface area contributed by atoms with E-state index in [1.807, 2.05) is 29.5 Å². The van der Waals surface area contributed by atoms with E-state index < -0.39 is 0 Å². The molecule has 3 rings (SSSR count). The molecule has 1 aliphatic rings. The van der Waals surface area contributed by atoms with Gasteiger partial charge in [-0.1, -0.05) is 20.3 Å². The van der Waals surface area contributed by atoms with E-state index >= 15 is 0 Å². The second kappa shape index (κ2) is 8.33. The van der Waals surface area contributed by atoms with E-state index in [4.69, 9.17) is 4.98 Å². The van der Waals surface area contributed by atoms with E-state index in [9.17, 15) is 4.79 Å². The topological polar surface area (TPSA) is 51.0 Å². The molecule has 5 nitrogen and oxygen atoms in total. The highest BCUT2D eigenvalue weighted by Crippen LogP contribution is 2.31. The second-order valence-corrected chi connectivity index (χ2v) is 8.52. The summed E-state index contributed by atoms with van der Waals surface area (Å²) in [5.74, 6) is 1.37. The van der Waals surface area contributed by atoms with Gasteiger partial charge in [-0.25, -0.2) is 4.98 Å². The van der Waals surface area contributed by atoms with Crippen LogP contribution in [0.25, 0.3) is 0 Å². The van der Waals surface area contributed by atoms with E-state index in [1.165, 1.54) is 17.1 Å². The zero-order valence-corrected chi connectivity index (χ0v) is 17.2. The molecule has 0 aliphatic carbocycles. The molecule has 2 aromatic rings. The quantitative estimate of drug-likeness (QED) is 0.769. The Kier molecular flexibility index (Phi) is 6.12. The highest BCUT2D eigenvalue weighted by molar-refractivity contribution is 7.09. The van der Waals surface area contributed by atoms with E-state index in [1.54, 1.807) is 11.3 Å². The summed E-state index contributed by atoms with van der Waals surface area (Å²) in [4.78, 5) is 19.4. The van der Waals surface area contributed by atoms with Crippen molar-refractivity contribution in [2.75, 3.05) is 13.1 Å². The van der Waals surface area contributed by atoms with Crippen molar-refractivity contribution < 1.29 is 4.79 Å². The smallest absolute Gasteiger partial charge is 0.244 e. The maximum atomic E-state index is 12.6. The molecule has 0 bridgehead atoms. The average Bonchev–Trinajstić information content (AvgIpc) is 3.21. The van der Waals surface area contributed by atoms with Gasteiger partial charge in [0.25, 0.3) is 0 Å². The molecule has 1 unspecified atom stereocenters. The SMILES string of the molecule is CCC(C)Cc1csc(C2CCN(C(=O)Cn3nc(C)cc3C)CC2)n1.